The van der Waals surface area contributed by atoms with Crippen LogP contribution in [0.1, 0.15) is 15.9 Å². The van der Waals surface area contributed by atoms with E-state index >= 15 is 0 Å². The van der Waals surface area contributed by atoms with Gasteiger partial charge in [0.2, 0.25) is 0 Å². The average molecular weight is 296 g/mol. The molecule has 0 aliphatic carbocycles. The molecule has 0 heterocycles. The molecule has 0 aliphatic rings. The third-order valence-electron chi connectivity index (χ3n) is 2.16. The number of benzene rings is 1. The van der Waals surface area contributed by atoms with E-state index in [2.05, 4.69) is 5.32 Å². The number of carbonyl (C=O) groups excluding carboxylic acids is 1. The normalized spacial score (nSPS) is 11.4. The quantitative estimate of drug-likeness (QED) is 0.818. The van der Waals surface area contributed by atoms with Crippen LogP contribution in [0.5, 0.6) is 0 Å². The van der Waals surface area contributed by atoms with Crippen molar-refractivity contribution in [3.8, 4) is 0 Å². The van der Waals surface area contributed by atoms with Crippen LogP contribution in [0.4, 0.5) is 13.2 Å². The highest BCUT2D eigenvalue weighted by Gasteiger charge is 2.31. The predicted octanol–water partition coefficient (Wildman–Crippen LogP) is 2.22. The van der Waals surface area contributed by atoms with Gasteiger partial charge in [-0.3, -0.25) is 14.9 Å². The molecule has 0 amide bonds. The number of halogens is 4. The number of aliphatic carboxylic acids is 1. The van der Waals surface area contributed by atoms with E-state index in [-0.39, 0.29) is 10.6 Å². The summed E-state index contributed by atoms with van der Waals surface area (Å²) in [6.07, 6.45) is -4.58. The molecule has 104 valence electrons. The van der Waals surface area contributed by atoms with Crippen LogP contribution in [0.2, 0.25) is 5.02 Å². The summed E-state index contributed by atoms with van der Waals surface area (Å²) in [5.74, 6) is -1.89. The monoisotopic (exact) mass is 295 g/mol. The van der Waals surface area contributed by atoms with E-state index < -0.39 is 36.6 Å². The SMILES string of the molecule is O=C(O)CNCC(=O)c1cc(C(F)(F)F)ccc1Cl. The number of Topliss-reactive ketones (excluding diaryl/α,β-unsaturated/α-hetero) is 1. The van der Waals surface area contributed by atoms with Crippen LogP contribution >= 0.6 is 11.6 Å². The second-order valence-corrected chi connectivity index (χ2v) is 4.02. The molecule has 0 fully saturated rings. The molecule has 0 spiro atoms. The fourth-order valence-electron chi connectivity index (χ4n) is 1.29. The number of ketones is 1. The first-order chi connectivity index (χ1) is 8.71. The fourth-order valence-corrected chi connectivity index (χ4v) is 1.52. The van der Waals surface area contributed by atoms with Crippen molar-refractivity contribution in [1.82, 2.24) is 5.32 Å². The maximum absolute atomic E-state index is 12.5. The Bertz CT molecular complexity index is 502. The van der Waals surface area contributed by atoms with E-state index in [0.29, 0.717) is 6.07 Å². The Labute approximate surface area is 111 Å². The molecular formula is C11H9ClF3NO3. The summed E-state index contributed by atoms with van der Waals surface area (Å²) in [5.41, 5.74) is -1.28. The Kier molecular flexibility index (Phi) is 4.90. The molecule has 0 atom stereocenters. The number of carboxylic acid groups (broad SMARTS) is 1. The lowest BCUT2D eigenvalue weighted by molar-refractivity contribution is -0.138. The Morgan fingerprint density at radius 2 is 1.89 bits per heavy atom. The van der Waals surface area contributed by atoms with Crippen LogP contribution in [0.15, 0.2) is 18.2 Å². The van der Waals surface area contributed by atoms with Crippen LogP contribution in [-0.2, 0) is 11.0 Å². The molecule has 19 heavy (non-hydrogen) atoms. The van der Waals surface area contributed by atoms with Crippen LogP contribution in [-0.4, -0.2) is 29.9 Å². The van der Waals surface area contributed by atoms with Crippen LogP contribution in [0.3, 0.4) is 0 Å². The molecule has 0 radical (unpaired) electrons. The van der Waals surface area contributed by atoms with E-state index in [9.17, 15) is 22.8 Å². The highest BCUT2D eigenvalue weighted by Crippen LogP contribution is 2.31. The maximum atomic E-state index is 12.5. The highest BCUT2D eigenvalue weighted by molar-refractivity contribution is 6.34. The first-order valence-electron chi connectivity index (χ1n) is 5.04. The molecular weight excluding hydrogens is 287 g/mol. The van der Waals surface area contributed by atoms with E-state index in [1.807, 2.05) is 0 Å². The van der Waals surface area contributed by atoms with Gasteiger partial charge in [0, 0.05) is 5.56 Å². The van der Waals surface area contributed by atoms with Crippen molar-refractivity contribution in [2.24, 2.45) is 0 Å². The molecule has 0 aromatic heterocycles. The molecule has 0 saturated heterocycles. The van der Waals surface area contributed by atoms with E-state index in [0.717, 1.165) is 12.1 Å². The van der Waals surface area contributed by atoms with Gasteiger partial charge in [0.05, 0.1) is 23.7 Å². The number of carbonyl (C=O) groups is 2. The first kappa shape index (κ1) is 15.5. The summed E-state index contributed by atoms with van der Waals surface area (Å²) < 4.78 is 37.4. The topological polar surface area (TPSA) is 66.4 Å². The minimum atomic E-state index is -4.58. The smallest absolute Gasteiger partial charge is 0.416 e. The summed E-state index contributed by atoms with van der Waals surface area (Å²) in [5, 5.41) is 10.5. The van der Waals surface area contributed by atoms with Gasteiger partial charge in [0.15, 0.2) is 5.78 Å². The lowest BCUT2D eigenvalue weighted by Gasteiger charge is -2.10. The van der Waals surface area contributed by atoms with Crippen LogP contribution in [0, 0.1) is 0 Å². The van der Waals surface area contributed by atoms with Crippen molar-refractivity contribution in [3.05, 3.63) is 34.3 Å². The molecule has 0 unspecified atom stereocenters. The van der Waals surface area contributed by atoms with Gasteiger partial charge in [-0.15, -0.1) is 0 Å². The molecule has 8 heteroatoms. The number of nitrogens with one attached hydrogen (secondary N) is 1. The van der Waals surface area contributed by atoms with Crippen molar-refractivity contribution in [3.63, 3.8) is 0 Å². The van der Waals surface area contributed by atoms with E-state index in [1.165, 1.54) is 0 Å². The summed E-state index contributed by atoms with van der Waals surface area (Å²) in [6, 6.07) is 2.39. The Balaban J connectivity index is 2.87. The molecule has 0 saturated carbocycles. The zero-order valence-corrected chi connectivity index (χ0v) is 10.2. The summed E-state index contributed by atoms with van der Waals surface area (Å²) in [4.78, 5) is 21.8. The largest absolute Gasteiger partial charge is 0.480 e. The van der Waals surface area contributed by atoms with Gasteiger partial charge in [-0.25, -0.2) is 0 Å². The minimum absolute atomic E-state index is 0.116. The number of hydrogen-bond donors (Lipinski definition) is 2. The third kappa shape index (κ3) is 4.53. The Hall–Kier alpha value is -1.60. The van der Waals surface area contributed by atoms with Gasteiger partial charge in [-0.1, -0.05) is 11.6 Å². The molecule has 1 aromatic carbocycles. The van der Waals surface area contributed by atoms with Crippen molar-refractivity contribution in [1.29, 1.82) is 0 Å². The number of alkyl halides is 3. The fraction of sp³-hybridized carbons (Fsp3) is 0.273. The molecule has 0 aliphatic heterocycles. The third-order valence-corrected chi connectivity index (χ3v) is 2.49. The minimum Gasteiger partial charge on any atom is -0.480 e. The van der Waals surface area contributed by atoms with Gasteiger partial charge >= 0.3 is 12.1 Å². The van der Waals surface area contributed by atoms with E-state index in [4.69, 9.17) is 16.7 Å². The summed E-state index contributed by atoms with van der Waals surface area (Å²) in [7, 11) is 0. The van der Waals surface area contributed by atoms with Crippen LogP contribution in [0.25, 0.3) is 0 Å². The maximum Gasteiger partial charge on any atom is 0.416 e. The highest BCUT2D eigenvalue weighted by atomic mass is 35.5. The zero-order chi connectivity index (χ0) is 14.6. The zero-order valence-electron chi connectivity index (χ0n) is 9.42. The van der Waals surface area contributed by atoms with E-state index in [1.54, 1.807) is 0 Å². The van der Waals surface area contributed by atoms with Gasteiger partial charge < -0.3 is 5.11 Å². The summed E-state index contributed by atoms with van der Waals surface area (Å²) >= 11 is 5.65. The van der Waals surface area contributed by atoms with Gasteiger partial charge in [0.25, 0.3) is 0 Å². The predicted molar refractivity (Wildman–Crippen MR) is 61.3 cm³/mol. The molecule has 1 rings (SSSR count). The van der Waals surface area contributed by atoms with Gasteiger partial charge in [-0.05, 0) is 18.2 Å². The second-order valence-electron chi connectivity index (χ2n) is 3.61. The second kappa shape index (κ2) is 6.03. The Morgan fingerprint density at radius 3 is 2.42 bits per heavy atom. The lowest BCUT2D eigenvalue weighted by Crippen LogP contribution is -2.28. The number of hydrogen-bond acceptors (Lipinski definition) is 3. The first-order valence-corrected chi connectivity index (χ1v) is 5.42. The van der Waals surface area contributed by atoms with Crippen molar-refractivity contribution >= 4 is 23.4 Å². The van der Waals surface area contributed by atoms with Crippen molar-refractivity contribution in [2.75, 3.05) is 13.1 Å². The molecule has 2 N–H and O–H groups in total. The molecule has 4 nitrogen and oxygen atoms in total. The number of rotatable bonds is 5. The van der Waals surface area contributed by atoms with Crippen molar-refractivity contribution < 1.29 is 27.9 Å². The standard InChI is InChI=1S/C11H9ClF3NO3/c12-8-2-1-6(11(13,14)15)3-7(8)9(17)4-16-5-10(18)19/h1-3,16H,4-5H2,(H,18,19). The van der Waals surface area contributed by atoms with Crippen molar-refractivity contribution in [2.45, 2.75) is 6.18 Å². The lowest BCUT2D eigenvalue weighted by atomic mass is 10.1. The van der Waals surface area contributed by atoms with Crippen LogP contribution < -0.4 is 5.32 Å². The van der Waals surface area contributed by atoms with Gasteiger partial charge in [0.1, 0.15) is 0 Å². The average Bonchev–Trinajstić information content (AvgIpc) is 2.27. The molecule has 1 aromatic rings. The molecule has 0 bridgehead atoms. The van der Waals surface area contributed by atoms with Gasteiger partial charge in [-0.2, -0.15) is 13.2 Å². The summed E-state index contributed by atoms with van der Waals surface area (Å²) in [6.45, 7) is -0.879. The Morgan fingerprint density at radius 1 is 1.26 bits per heavy atom. The number of carboxylic acids is 1.